The monoisotopic (exact) mass is 473 g/mol. The third-order valence-electron chi connectivity index (χ3n) is 5.88. The maximum absolute atomic E-state index is 12.8. The molecule has 8 heteroatoms. The number of rotatable bonds is 5. The molecule has 2 fully saturated rings. The molecule has 5 rings (SSSR count). The van der Waals surface area contributed by atoms with Crippen molar-refractivity contribution >= 4 is 40.6 Å². The fourth-order valence-corrected chi connectivity index (χ4v) is 4.86. The minimum atomic E-state index is -0.469. The molecule has 2 aliphatic rings. The Bertz CT molecular complexity index is 1230. The highest BCUT2D eigenvalue weighted by molar-refractivity contribution is 8.18. The van der Waals surface area contributed by atoms with Gasteiger partial charge in [-0.25, -0.2) is 0 Å². The molecule has 0 unspecified atom stereocenters. The zero-order valence-corrected chi connectivity index (χ0v) is 19.2. The van der Waals surface area contributed by atoms with Crippen molar-refractivity contribution in [2.24, 2.45) is 0 Å². The molecule has 0 radical (unpaired) electrons. The zero-order valence-electron chi connectivity index (χ0n) is 18.4. The van der Waals surface area contributed by atoms with Gasteiger partial charge in [-0.2, -0.15) is 0 Å². The molecule has 2 aromatic carbocycles. The van der Waals surface area contributed by atoms with Gasteiger partial charge < -0.3 is 14.2 Å². The van der Waals surface area contributed by atoms with Crippen LogP contribution in [0.4, 0.5) is 10.5 Å². The Morgan fingerprint density at radius 1 is 0.882 bits per heavy atom. The van der Waals surface area contributed by atoms with Gasteiger partial charge in [-0.05, 0) is 36.0 Å². The Hall–Kier alpha value is -3.78. The van der Waals surface area contributed by atoms with Gasteiger partial charge in [0.25, 0.3) is 11.1 Å². The molecule has 0 atom stereocenters. The zero-order chi connectivity index (χ0) is 23.5. The lowest BCUT2D eigenvalue weighted by Gasteiger charge is -2.36. The van der Waals surface area contributed by atoms with Gasteiger partial charge in [-0.1, -0.05) is 48.5 Å². The number of imide groups is 1. The van der Waals surface area contributed by atoms with Crippen molar-refractivity contribution in [2.75, 3.05) is 37.6 Å². The topological polar surface area (TPSA) is 74.1 Å². The summed E-state index contributed by atoms with van der Waals surface area (Å²) in [6, 6.07) is 23.3. The largest absolute Gasteiger partial charge is 0.457 e. The van der Waals surface area contributed by atoms with Crippen LogP contribution in [0.2, 0.25) is 0 Å². The average molecular weight is 474 g/mol. The smallest absolute Gasteiger partial charge is 0.294 e. The van der Waals surface area contributed by atoms with Crippen LogP contribution < -0.4 is 4.90 Å². The van der Waals surface area contributed by atoms with Crippen molar-refractivity contribution in [3.05, 3.63) is 83.5 Å². The van der Waals surface area contributed by atoms with E-state index in [2.05, 4.69) is 4.90 Å². The molecular formula is C26H23N3O4S. The summed E-state index contributed by atoms with van der Waals surface area (Å²) in [6.07, 6.45) is 1.56. The number of hydrogen-bond acceptors (Lipinski definition) is 6. The highest BCUT2D eigenvalue weighted by atomic mass is 32.2. The van der Waals surface area contributed by atoms with E-state index in [-0.39, 0.29) is 17.4 Å². The molecule has 3 heterocycles. The van der Waals surface area contributed by atoms with E-state index in [9.17, 15) is 14.4 Å². The predicted molar refractivity (Wildman–Crippen MR) is 132 cm³/mol. The molecule has 1 aromatic heterocycles. The number of hydrogen-bond donors (Lipinski definition) is 0. The van der Waals surface area contributed by atoms with Crippen molar-refractivity contribution in [3.8, 4) is 11.3 Å². The summed E-state index contributed by atoms with van der Waals surface area (Å²) in [5.74, 6) is 0.466. The van der Waals surface area contributed by atoms with E-state index in [1.165, 1.54) is 0 Å². The second-order valence-corrected chi connectivity index (χ2v) is 9.03. The number of carbonyl (C=O) groups is 3. The molecule has 0 aliphatic carbocycles. The molecule has 34 heavy (non-hydrogen) atoms. The predicted octanol–water partition coefficient (Wildman–Crippen LogP) is 4.33. The summed E-state index contributed by atoms with van der Waals surface area (Å²) >= 11 is 0.828. The average Bonchev–Trinajstić information content (AvgIpc) is 3.45. The van der Waals surface area contributed by atoms with Gasteiger partial charge >= 0.3 is 0 Å². The first-order valence-corrected chi connectivity index (χ1v) is 11.9. The molecular weight excluding hydrogens is 450 g/mol. The molecule has 7 nitrogen and oxygen atoms in total. The standard InChI is InChI=1S/C26H23N3O4S/c30-24(28-15-13-27(14-16-28)20-9-5-2-6-10-20)18-29-25(31)23(34-26(29)32)17-21-11-12-22(33-21)19-7-3-1-4-8-19/h1-12,17H,13-16,18H2. The Labute approximate surface area is 201 Å². The van der Waals surface area contributed by atoms with Crippen molar-refractivity contribution < 1.29 is 18.8 Å². The summed E-state index contributed by atoms with van der Waals surface area (Å²) in [4.78, 5) is 43.4. The second kappa shape index (κ2) is 9.61. The number of nitrogens with zero attached hydrogens (tertiary/aromatic N) is 3. The van der Waals surface area contributed by atoms with Gasteiger partial charge in [-0.15, -0.1) is 0 Å². The molecule has 172 valence electrons. The van der Waals surface area contributed by atoms with Crippen LogP contribution in [0.3, 0.4) is 0 Å². The van der Waals surface area contributed by atoms with E-state index in [1.807, 2.05) is 66.7 Å². The quantitative estimate of drug-likeness (QED) is 0.514. The number of anilines is 1. The van der Waals surface area contributed by atoms with Crippen LogP contribution >= 0.6 is 11.8 Å². The summed E-state index contributed by atoms with van der Waals surface area (Å²) in [6.45, 7) is 2.27. The summed E-state index contributed by atoms with van der Waals surface area (Å²) in [5, 5.41) is -0.442. The van der Waals surface area contributed by atoms with Crippen LogP contribution in [-0.2, 0) is 9.59 Å². The van der Waals surface area contributed by atoms with Crippen LogP contribution in [-0.4, -0.2) is 59.6 Å². The van der Waals surface area contributed by atoms with Gasteiger partial charge in [0, 0.05) is 43.5 Å². The molecule has 2 aliphatic heterocycles. The van der Waals surface area contributed by atoms with Gasteiger partial charge in [-0.3, -0.25) is 19.3 Å². The fourth-order valence-electron chi connectivity index (χ4n) is 4.04. The van der Waals surface area contributed by atoms with Gasteiger partial charge in [0.2, 0.25) is 5.91 Å². The molecule has 3 amide bonds. The molecule has 0 N–H and O–H groups in total. The van der Waals surface area contributed by atoms with E-state index >= 15 is 0 Å². The first-order valence-electron chi connectivity index (χ1n) is 11.1. The lowest BCUT2D eigenvalue weighted by molar-refractivity contribution is -0.136. The number of para-hydroxylation sites is 1. The van der Waals surface area contributed by atoms with Crippen LogP contribution in [0.5, 0.6) is 0 Å². The summed E-state index contributed by atoms with van der Waals surface area (Å²) in [5.41, 5.74) is 2.05. The van der Waals surface area contributed by atoms with E-state index in [1.54, 1.807) is 17.0 Å². The van der Waals surface area contributed by atoms with Crippen LogP contribution in [0, 0.1) is 0 Å². The molecule has 2 saturated heterocycles. The Kier molecular flexibility index (Phi) is 6.22. The summed E-state index contributed by atoms with van der Waals surface area (Å²) in [7, 11) is 0. The van der Waals surface area contributed by atoms with Crippen molar-refractivity contribution in [1.82, 2.24) is 9.80 Å². The number of piperazine rings is 1. The van der Waals surface area contributed by atoms with E-state index < -0.39 is 11.1 Å². The molecule has 0 spiro atoms. The number of furan rings is 1. The number of carbonyl (C=O) groups excluding carboxylic acids is 3. The van der Waals surface area contributed by atoms with E-state index in [4.69, 9.17) is 4.42 Å². The van der Waals surface area contributed by atoms with Gasteiger partial charge in [0.15, 0.2) is 0 Å². The fraction of sp³-hybridized carbons (Fsp3) is 0.192. The number of thioether (sulfide) groups is 1. The Balaban J connectivity index is 1.20. The van der Waals surface area contributed by atoms with E-state index in [0.29, 0.717) is 37.7 Å². The molecule has 0 bridgehead atoms. The third kappa shape index (κ3) is 4.63. The SMILES string of the molecule is O=C(CN1C(=O)SC(=Cc2ccc(-c3ccccc3)o2)C1=O)N1CCN(c2ccccc2)CC1. The summed E-state index contributed by atoms with van der Waals surface area (Å²) < 4.78 is 5.82. The number of benzene rings is 2. The molecule has 3 aromatic rings. The highest BCUT2D eigenvalue weighted by Gasteiger charge is 2.37. The Morgan fingerprint density at radius 3 is 2.26 bits per heavy atom. The van der Waals surface area contributed by atoms with Crippen LogP contribution in [0.15, 0.2) is 82.1 Å². The van der Waals surface area contributed by atoms with Crippen molar-refractivity contribution in [3.63, 3.8) is 0 Å². The van der Waals surface area contributed by atoms with Crippen molar-refractivity contribution in [1.29, 1.82) is 0 Å². The molecule has 0 saturated carbocycles. The maximum atomic E-state index is 12.8. The lowest BCUT2D eigenvalue weighted by Crippen LogP contribution is -2.51. The van der Waals surface area contributed by atoms with Crippen molar-refractivity contribution in [2.45, 2.75) is 0 Å². The first kappa shape index (κ1) is 22.0. The Morgan fingerprint density at radius 2 is 1.56 bits per heavy atom. The van der Waals surface area contributed by atoms with Gasteiger partial charge in [0.1, 0.15) is 18.1 Å². The van der Waals surface area contributed by atoms with Crippen LogP contribution in [0.1, 0.15) is 5.76 Å². The van der Waals surface area contributed by atoms with Gasteiger partial charge in [0.05, 0.1) is 4.91 Å². The minimum Gasteiger partial charge on any atom is -0.457 e. The normalized spacial score (nSPS) is 17.6. The van der Waals surface area contributed by atoms with E-state index in [0.717, 1.165) is 27.9 Å². The lowest BCUT2D eigenvalue weighted by atomic mass is 10.2. The first-order chi connectivity index (χ1) is 16.6. The maximum Gasteiger partial charge on any atom is 0.294 e. The van der Waals surface area contributed by atoms with Crippen LogP contribution in [0.25, 0.3) is 17.4 Å². The minimum absolute atomic E-state index is 0.222. The third-order valence-corrected chi connectivity index (χ3v) is 6.79. The highest BCUT2D eigenvalue weighted by Crippen LogP contribution is 2.33. The number of amides is 3. The second-order valence-electron chi connectivity index (χ2n) is 8.04.